The van der Waals surface area contributed by atoms with Crippen LogP contribution in [0.3, 0.4) is 0 Å². The molecule has 100 valence electrons. The van der Waals surface area contributed by atoms with Crippen LogP contribution in [0.1, 0.15) is 5.56 Å². The molecule has 0 aliphatic rings. The molecule has 0 fully saturated rings. The van der Waals surface area contributed by atoms with E-state index in [-0.39, 0.29) is 4.90 Å². The Bertz CT molecular complexity index is 624. The van der Waals surface area contributed by atoms with E-state index in [4.69, 9.17) is 11.6 Å². The Morgan fingerprint density at radius 1 is 0.947 bits per heavy atom. The highest BCUT2D eigenvalue weighted by Crippen LogP contribution is 2.16. The van der Waals surface area contributed by atoms with Crippen molar-refractivity contribution in [2.45, 2.75) is 11.3 Å². The minimum atomic E-state index is -3.51. The summed E-state index contributed by atoms with van der Waals surface area (Å²) in [5.41, 5.74) is 1.62. The first-order valence-electron chi connectivity index (χ1n) is 5.84. The monoisotopic (exact) mass is 295 g/mol. The fraction of sp³-hybridized carbons (Fsp3) is 0.143. The maximum absolute atomic E-state index is 12.1. The Morgan fingerprint density at radius 3 is 2.16 bits per heavy atom. The summed E-state index contributed by atoms with van der Waals surface area (Å²) in [6.07, 6.45) is 0.771. The number of hydrogen-bond acceptors (Lipinski definition) is 2. The molecule has 2 rings (SSSR count). The number of rotatable bonds is 5. The van der Waals surface area contributed by atoms with Gasteiger partial charge in [0.15, 0.2) is 0 Å². The van der Waals surface area contributed by atoms with Gasteiger partial charge in [-0.1, -0.05) is 30.3 Å². The number of aryl methyl sites for hydroxylation is 1. The summed E-state index contributed by atoms with van der Waals surface area (Å²) in [5.74, 6) is 0.551. The number of benzene rings is 2. The molecule has 5 heteroatoms. The first kappa shape index (κ1) is 13.9. The summed E-state index contributed by atoms with van der Waals surface area (Å²) >= 11 is 5.65. The van der Waals surface area contributed by atoms with Crippen molar-refractivity contribution in [1.82, 2.24) is 0 Å². The highest BCUT2D eigenvalue weighted by Gasteiger charge is 2.12. The average molecular weight is 296 g/mol. The average Bonchev–Trinajstić information content (AvgIpc) is 2.42. The van der Waals surface area contributed by atoms with Crippen molar-refractivity contribution in [3.63, 3.8) is 0 Å². The smallest absolute Gasteiger partial charge is 0.261 e. The predicted octanol–water partition coefficient (Wildman–Crippen LogP) is 3.27. The molecule has 0 aliphatic carbocycles. The van der Waals surface area contributed by atoms with Crippen LogP contribution in [0.25, 0.3) is 0 Å². The molecule has 1 N–H and O–H groups in total. The summed E-state index contributed by atoms with van der Waals surface area (Å²) < 4.78 is 26.7. The van der Waals surface area contributed by atoms with Crippen molar-refractivity contribution in [2.75, 3.05) is 10.6 Å². The van der Waals surface area contributed by atoms with Crippen LogP contribution in [0, 0.1) is 0 Å². The van der Waals surface area contributed by atoms with E-state index in [1.54, 1.807) is 42.5 Å². The highest BCUT2D eigenvalue weighted by atomic mass is 35.5. The Hall–Kier alpha value is -1.52. The lowest BCUT2D eigenvalue weighted by Crippen LogP contribution is -2.12. The minimum absolute atomic E-state index is 0.250. The molecule has 2 aromatic rings. The van der Waals surface area contributed by atoms with Crippen LogP contribution < -0.4 is 4.72 Å². The van der Waals surface area contributed by atoms with Gasteiger partial charge in [-0.15, -0.1) is 11.6 Å². The number of hydrogen-bond donors (Lipinski definition) is 1. The van der Waals surface area contributed by atoms with Crippen LogP contribution in [-0.2, 0) is 16.4 Å². The lowest BCUT2D eigenvalue weighted by molar-refractivity contribution is 0.601. The molecule has 3 nitrogen and oxygen atoms in total. The van der Waals surface area contributed by atoms with E-state index in [1.807, 2.05) is 12.1 Å². The Kier molecular flexibility index (Phi) is 4.45. The van der Waals surface area contributed by atoms with Crippen LogP contribution in [0.2, 0.25) is 0 Å². The molecule has 2 aromatic carbocycles. The molecule has 0 saturated heterocycles. The molecule has 0 radical (unpaired) electrons. The minimum Gasteiger partial charge on any atom is -0.280 e. The molecule has 0 aromatic heterocycles. The van der Waals surface area contributed by atoms with E-state index < -0.39 is 10.0 Å². The summed E-state index contributed by atoms with van der Waals surface area (Å²) in [5, 5.41) is 0. The van der Waals surface area contributed by atoms with E-state index in [1.165, 1.54) is 0 Å². The normalized spacial score (nSPS) is 11.2. The van der Waals surface area contributed by atoms with Crippen LogP contribution in [-0.4, -0.2) is 14.3 Å². The maximum atomic E-state index is 12.1. The summed E-state index contributed by atoms with van der Waals surface area (Å²) in [6.45, 7) is 0. The van der Waals surface area contributed by atoms with Crippen molar-refractivity contribution in [2.24, 2.45) is 0 Å². The van der Waals surface area contributed by atoms with Crippen LogP contribution in [0.15, 0.2) is 59.5 Å². The van der Waals surface area contributed by atoms with Gasteiger partial charge in [0.2, 0.25) is 0 Å². The van der Waals surface area contributed by atoms with Gasteiger partial charge in [0.05, 0.1) is 4.90 Å². The lowest BCUT2D eigenvalue weighted by Gasteiger charge is -2.08. The molecular formula is C14H14ClNO2S. The second kappa shape index (κ2) is 6.08. The molecule has 0 amide bonds. The number of nitrogens with one attached hydrogen (secondary N) is 1. The van der Waals surface area contributed by atoms with Crippen molar-refractivity contribution in [3.05, 3.63) is 60.2 Å². The zero-order valence-electron chi connectivity index (χ0n) is 10.2. The quantitative estimate of drug-likeness (QED) is 0.861. The standard InChI is InChI=1S/C14H14ClNO2S/c15-11-10-12-6-8-13(9-7-12)16-19(17,18)14-4-2-1-3-5-14/h1-9,16H,10-11H2. The van der Waals surface area contributed by atoms with Crippen molar-refractivity contribution < 1.29 is 8.42 Å². The van der Waals surface area contributed by atoms with Gasteiger partial charge in [-0.05, 0) is 36.2 Å². The van der Waals surface area contributed by atoms with E-state index in [9.17, 15) is 8.42 Å². The summed E-state index contributed by atoms with van der Waals surface area (Å²) in [6, 6.07) is 15.5. The van der Waals surface area contributed by atoms with Gasteiger partial charge >= 0.3 is 0 Å². The third-order valence-corrected chi connectivity index (χ3v) is 4.23. The molecule has 0 saturated carbocycles. The summed E-state index contributed by atoms with van der Waals surface area (Å²) in [4.78, 5) is 0.250. The Labute approximate surface area is 118 Å². The third kappa shape index (κ3) is 3.72. The van der Waals surface area contributed by atoms with Gasteiger partial charge < -0.3 is 0 Å². The van der Waals surface area contributed by atoms with Gasteiger partial charge in [0, 0.05) is 11.6 Å². The number of alkyl halides is 1. The van der Waals surface area contributed by atoms with Crippen LogP contribution in [0.4, 0.5) is 5.69 Å². The molecule has 0 spiro atoms. The number of anilines is 1. The molecule has 0 bridgehead atoms. The molecule has 0 aliphatic heterocycles. The van der Waals surface area contributed by atoms with Crippen LogP contribution in [0.5, 0.6) is 0 Å². The van der Waals surface area contributed by atoms with E-state index in [0.29, 0.717) is 11.6 Å². The number of halogens is 1. The van der Waals surface area contributed by atoms with Gasteiger partial charge in [-0.3, -0.25) is 4.72 Å². The number of sulfonamides is 1. The Balaban J connectivity index is 2.17. The molecule has 0 unspecified atom stereocenters. The second-order valence-electron chi connectivity index (χ2n) is 4.05. The fourth-order valence-electron chi connectivity index (χ4n) is 1.66. The first-order chi connectivity index (χ1) is 9.12. The molecule has 0 atom stereocenters. The lowest BCUT2D eigenvalue weighted by atomic mass is 10.2. The van der Waals surface area contributed by atoms with E-state index >= 15 is 0 Å². The maximum Gasteiger partial charge on any atom is 0.261 e. The molecule has 19 heavy (non-hydrogen) atoms. The van der Waals surface area contributed by atoms with Crippen molar-refractivity contribution >= 4 is 27.3 Å². The molecule has 0 heterocycles. The first-order valence-corrected chi connectivity index (χ1v) is 7.86. The van der Waals surface area contributed by atoms with Crippen LogP contribution >= 0.6 is 11.6 Å². The van der Waals surface area contributed by atoms with Gasteiger partial charge in [-0.2, -0.15) is 0 Å². The van der Waals surface area contributed by atoms with E-state index in [2.05, 4.69) is 4.72 Å². The second-order valence-corrected chi connectivity index (χ2v) is 6.11. The zero-order chi connectivity index (χ0) is 13.7. The van der Waals surface area contributed by atoms with Crippen molar-refractivity contribution in [3.8, 4) is 0 Å². The largest absolute Gasteiger partial charge is 0.280 e. The topological polar surface area (TPSA) is 46.2 Å². The SMILES string of the molecule is O=S(=O)(Nc1ccc(CCCl)cc1)c1ccccc1. The highest BCUT2D eigenvalue weighted by molar-refractivity contribution is 7.92. The van der Waals surface area contributed by atoms with Gasteiger partial charge in [0.25, 0.3) is 10.0 Å². The molecular weight excluding hydrogens is 282 g/mol. The zero-order valence-corrected chi connectivity index (χ0v) is 11.8. The Morgan fingerprint density at radius 2 is 1.58 bits per heavy atom. The fourth-order valence-corrected chi connectivity index (χ4v) is 2.96. The van der Waals surface area contributed by atoms with Crippen molar-refractivity contribution in [1.29, 1.82) is 0 Å². The third-order valence-electron chi connectivity index (χ3n) is 2.64. The van der Waals surface area contributed by atoms with E-state index in [0.717, 1.165) is 12.0 Å². The summed E-state index contributed by atoms with van der Waals surface area (Å²) in [7, 11) is -3.51. The predicted molar refractivity (Wildman–Crippen MR) is 78.1 cm³/mol. The van der Waals surface area contributed by atoms with Gasteiger partial charge in [0.1, 0.15) is 0 Å². The van der Waals surface area contributed by atoms with Gasteiger partial charge in [-0.25, -0.2) is 8.42 Å².